The lowest BCUT2D eigenvalue weighted by Crippen LogP contribution is -2.27. The van der Waals surface area contributed by atoms with Gasteiger partial charge in [0.05, 0.1) is 22.9 Å². The Morgan fingerprint density at radius 2 is 1.52 bits per heavy atom. The summed E-state index contributed by atoms with van der Waals surface area (Å²) in [5, 5.41) is 4.44. The highest BCUT2D eigenvalue weighted by Crippen LogP contribution is 2.37. The van der Waals surface area contributed by atoms with Crippen LogP contribution in [-0.2, 0) is 20.0 Å². The van der Waals surface area contributed by atoms with E-state index in [0.717, 1.165) is 16.2 Å². The molecule has 1 N–H and O–H groups in total. The van der Waals surface area contributed by atoms with E-state index in [-0.39, 0.29) is 11.3 Å². The van der Waals surface area contributed by atoms with Gasteiger partial charge < -0.3 is 0 Å². The van der Waals surface area contributed by atoms with Crippen LogP contribution in [0.15, 0.2) is 82.8 Å². The minimum absolute atomic E-state index is 0.109. The van der Waals surface area contributed by atoms with Crippen molar-refractivity contribution in [1.82, 2.24) is 4.41 Å². The third kappa shape index (κ3) is 5.07. The first-order chi connectivity index (χ1) is 15.5. The molecule has 0 saturated carbocycles. The normalized spacial score (nSPS) is 16.5. The van der Waals surface area contributed by atoms with Crippen LogP contribution in [0.5, 0.6) is 0 Å². The third-order valence-electron chi connectivity index (χ3n) is 5.21. The molecule has 0 aromatic heterocycles. The van der Waals surface area contributed by atoms with E-state index in [1.165, 1.54) is 24.3 Å². The molecule has 33 heavy (non-hydrogen) atoms. The van der Waals surface area contributed by atoms with Gasteiger partial charge in [0, 0.05) is 12.1 Å². The summed E-state index contributed by atoms with van der Waals surface area (Å²) in [5.74, 6) is -0.417. The van der Waals surface area contributed by atoms with E-state index in [1.54, 1.807) is 48.5 Å². The van der Waals surface area contributed by atoms with E-state index < -0.39 is 31.9 Å². The van der Waals surface area contributed by atoms with E-state index in [1.807, 2.05) is 6.92 Å². The van der Waals surface area contributed by atoms with Crippen molar-refractivity contribution in [2.75, 3.05) is 11.0 Å². The second-order valence-corrected chi connectivity index (χ2v) is 11.4. The van der Waals surface area contributed by atoms with Crippen LogP contribution in [0, 0.1) is 12.7 Å². The zero-order valence-corrected chi connectivity index (χ0v) is 19.6. The predicted octanol–water partition coefficient (Wildman–Crippen LogP) is 4.05. The highest BCUT2D eigenvalue weighted by molar-refractivity contribution is 7.92. The number of aryl methyl sites for hydroxylation is 1. The molecule has 0 radical (unpaired) electrons. The average molecular weight is 488 g/mol. The summed E-state index contributed by atoms with van der Waals surface area (Å²) in [6, 6.07) is 18.0. The minimum Gasteiger partial charge on any atom is -0.284 e. The summed E-state index contributed by atoms with van der Waals surface area (Å²) in [5.41, 5.74) is 3.10. The van der Waals surface area contributed by atoms with Gasteiger partial charge in [0.15, 0.2) is 0 Å². The summed E-state index contributed by atoms with van der Waals surface area (Å²) in [7, 11) is -7.39. The van der Waals surface area contributed by atoms with Crippen molar-refractivity contribution in [3.05, 3.63) is 95.3 Å². The number of nitrogens with one attached hydrogen (secondary N) is 1. The first kappa shape index (κ1) is 22.9. The molecule has 4 rings (SSSR count). The van der Waals surface area contributed by atoms with Gasteiger partial charge in [-0.05, 0) is 54.4 Å². The van der Waals surface area contributed by atoms with Crippen LogP contribution >= 0.6 is 0 Å². The molecular formula is C23H22FN3O4S2. The van der Waals surface area contributed by atoms with Crippen LogP contribution in [0.2, 0.25) is 0 Å². The molecule has 0 spiro atoms. The SMILES string of the molecule is Cc1ccc(S(=O)(=O)N2N=C(c3ccc(NS(C)(=O)=O)cc3)C[C@H]2c2ccc(F)cc2)cc1. The Labute approximate surface area is 192 Å². The van der Waals surface area contributed by atoms with Gasteiger partial charge in [-0.25, -0.2) is 12.8 Å². The van der Waals surface area contributed by atoms with Gasteiger partial charge in [0.25, 0.3) is 10.0 Å². The van der Waals surface area contributed by atoms with E-state index in [2.05, 4.69) is 9.82 Å². The van der Waals surface area contributed by atoms with Crippen molar-refractivity contribution >= 4 is 31.4 Å². The molecule has 3 aromatic rings. The van der Waals surface area contributed by atoms with Crippen molar-refractivity contribution in [3.63, 3.8) is 0 Å². The highest BCUT2D eigenvalue weighted by Gasteiger charge is 2.37. The summed E-state index contributed by atoms with van der Waals surface area (Å²) < 4.78 is 66.7. The number of sulfonamides is 2. The molecule has 0 unspecified atom stereocenters. The van der Waals surface area contributed by atoms with Gasteiger partial charge in [-0.1, -0.05) is 42.0 Å². The molecule has 0 saturated heterocycles. The monoisotopic (exact) mass is 487 g/mol. The van der Waals surface area contributed by atoms with Crippen LogP contribution < -0.4 is 4.72 Å². The molecule has 0 bridgehead atoms. The van der Waals surface area contributed by atoms with Crippen LogP contribution in [0.1, 0.15) is 29.2 Å². The van der Waals surface area contributed by atoms with Gasteiger partial charge in [-0.15, -0.1) is 0 Å². The van der Waals surface area contributed by atoms with Crippen LogP contribution in [0.4, 0.5) is 10.1 Å². The van der Waals surface area contributed by atoms with Gasteiger partial charge in [0.1, 0.15) is 5.82 Å². The number of rotatable bonds is 6. The number of hydrazone groups is 1. The van der Waals surface area contributed by atoms with Gasteiger partial charge >= 0.3 is 0 Å². The quantitative estimate of drug-likeness (QED) is 0.568. The van der Waals surface area contributed by atoms with E-state index in [9.17, 15) is 21.2 Å². The maximum absolute atomic E-state index is 13.5. The number of nitrogens with zero attached hydrogens (tertiary/aromatic N) is 2. The zero-order valence-electron chi connectivity index (χ0n) is 17.9. The largest absolute Gasteiger partial charge is 0.284 e. The van der Waals surface area contributed by atoms with Gasteiger partial charge in [-0.3, -0.25) is 4.72 Å². The number of hydrogen-bond donors (Lipinski definition) is 1. The highest BCUT2D eigenvalue weighted by atomic mass is 32.2. The van der Waals surface area contributed by atoms with Crippen LogP contribution in [-0.4, -0.2) is 33.2 Å². The molecule has 172 valence electrons. The first-order valence-electron chi connectivity index (χ1n) is 10.1. The molecule has 1 heterocycles. The third-order valence-corrected chi connectivity index (χ3v) is 7.52. The van der Waals surface area contributed by atoms with Crippen molar-refractivity contribution in [1.29, 1.82) is 0 Å². The van der Waals surface area contributed by atoms with E-state index >= 15 is 0 Å². The summed E-state index contributed by atoms with van der Waals surface area (Å²) in [4.78, 5) is 0.109. The molecule has 0 amide bonds. The van der Waals surface area contributed by atoms with Crippen molar-refractivity contribution in [3.8, 4) is 0 Å². The van der Waals surface area contributed by atoms with Crippen molar-refractivity contribution in [2.45, 2.75) is 24.3 Å². The zero-order chi connectivity index (χ0) is 23.8. The lowest BCUT2D eigenvalue weighted by Gasteiger charge is -2.23. The van der Waals surface area contributed by atoms with E-state index in [0.29, 0.717) is 22.5 Å². The Balaban J connectivity index is 1.73. The summed E-state index contributed by atoms with van der Waals surface area (Å²) >= 11 is 0. The van der Waals surface area contributed by atoms with Gasteiger partial charge in [-0.2, -0.15) is 17.9 Å². The average Bonchev–Trinajstić information content (AvgIpc) is 3.20. The second-order valence-electron chi connectivity index (χ2n) is 7.86. The Hall–Kier alpha value is -3.24. The van der Waals surface area contributed by atoms with E-state index in [4.69, 9.17) is 0 Å². The maximum Gasteiger partial charge on any atom is 0.279 e. The molecule has 0 aliphatic carbocycles. The molecule has 0 fully saturated rings. The van der Waals surface area contributed by atoms with Crippen molar-refractivity contribution in [2.24, 2.45) is 5.10 Å². The minimum atomic E-state index is -3.98. The molecule has 10 heteroatoms. The lowest BCUT2D eigenvalue weighted by molar-refractivity contribution is 0.371. The van der Waals surface area contributed by atoms with Crippen LogP contribution in [0.25, 0.3) is 0 Å². The fourth-order valence-electron chi connectivity index (χ4n) is 3.58. The Morgan fingerprint density at radius 1 is 0.909 bits per heavy atom. The lowest BCUT2D eigenvalue weighted by atomic mass is 9.99. The standard InChI is InChI=1S/C23H22FN3O4S2/c1-16-3-13-21(14-4-16)33(30,31)27-23(18-5-9-19(24)10-6-18)15-22(25-27)17-7-11-20(12-8-17)26-32(2,28)29/h3-14,23,26H,15H2,1-2H3/t23-/m0/s1. The molecule has 7 nitrogen and oxygen atoms in total. The first-order valence-corrected chi connectivity index (χ1v) is 13.4. The molecule has 1 atom stereocenters. The summed E-state index contributed by atoms with van der Waals surface area (Å²) in [6.45, 7) is 1.87. The number of anilines is 1. The predicted molar refractivity (Wildman–Crippen MR) is 125 cm³/mol. The number of hydrogen-bond acceptors (Lipinski definition) is 5. The topological polar surface area (TPSA) is 95.9 Å². The summed E-state index contributed by atoms with van der Waals surface area (Å²) in [6.07, 6.45) is 1.33. The fourth-order valence-corrected chi connectivity index (χ4v) is 5.58. The molecule has 1 aliphatic rings. The second kappa shape index (κ2) is 8.60. The van der Waals surface area contributed by atoms with Crippen LogP contribution in [0.3, 0.4) is 0 Å². The fraction of sp³-hybridized carbons (Fsp3) is 0.174. The molecule has 3 aromatic carbocycles. The maximum atomic E-state index is 13.5. The Morgan fingerprint density at radius 3 is 2.09 bits per heavy atom. The smallest absolute Gasteiger partial charge is 0.279 e. The number of benzene rings is 3. The van der Waals surface area contributed by atoms with Crippen molar-refractivity contribution < 1.29 is 21.2 Å². The number of halogens is 1. The Bertz CT molecular complexity index is 1400. The van der Waals surface area contributed by atoms with Gasteiger partial charge in [0.2, 0.25) is 10.0 Å². The molecule has 1 aliphatic heterocycles. The Kier molecular flexibility index (Phi) is 5.98. The molecular weight excluding hydrogens is 465 g/mol.